The van der Waals surface area contributed by atoms with Gasteiger partial charge in [0.1, 0.15) is 0 Å². The molecule has 2 aromatic rings. The maximum absolute atomic E-state index is 5.80. The lowest BCUT2D eigenvalue weighted by Crippen LogP contribution is -2.32. The standard InChI is InChI=1S/C24H34N4O4/c1-6-25-24(27-18-9-11-21-23(15-18)32-13-7-12-31-21)26-16-19(28(2)3)17-8-10-20(29-4)22(14-17)30-5/h8-11,14-15,19H,6-7,12-13,16H2,1-5H3,(H2,25,26,27). The molecular weight excluding hydrogens is 408 g/mol. The maximum Gasteiger partial charge on any atom is 0.195 e. The van der Waals surface area contributed by atoms with E-state index in [1.54, 1.807) is 14.2 Å². The summed E-state index contributed by atoms with van der Waals surface area (Å²) in [6.45, 7) is 4.68. The van der Waals surface area contributed by atoms with Crippen molar-refractivity contribution in [3.63, 3.8) is 0 Å². The summed E-state index contributed by atoms with van der Waals surface area (Å²) < 4.78 is 22.4. The number of nitrogens with one attached hydrogen (secondary N) is 2. The molecule has 1 atom stereocenters. The van der Waals surface area contributed by atoms with Crippen LogP contribution in [0.3, 0.4) is 0 Å². The van der Waals surface area contributed by atoms with Crippen LogP contribution in [0, 0.1) is 0 Å². The first-order chi connectivity index (χ1) is 15.5. The number of nitrogens with zero attached hydrogens (tertiary/aromatic N) is 2. The normalized spacial score (nSPS) is 14.5. The number of hydrogen-bond acceptors (Lipinski definition) is 6. The number of likely N-dealkylation sites (N-methyl/N-ethyl adjacent to an activating group) is 1. The van der Waals surface area contributed by atoms with Crippen molar-refractivity contribution in [2.45, 2.75) is 19.4 Å². The van der Waals surface area contributed by atoms with E-state index in [-0.39, 0.29) is 6.04 Å². The van der Waals surface area contributed by atoms with Crippen LogP contribution in [0.1, 0.15) is 24.9 Å². The molecule has 0 aromatic heterocycles. The van der Waals surface area contributed by atoms with Gasteiger partial charge in [0.05, 0.1) is 40.0 Å². The van der Waals surface area contributed by atoms with E-state index in [0.29, 0.717) is 37.2 Å². The second-order valence-electron chi connectivity index (χ2n) is 7.65. The topological polar surface area (TPSA) is 76.6 Å². The van der Waals surface area contributed by atoms with Gasteiger partial charge in [-0.3, -0.25) is 4.99 Å². The number of methoxy groups -OCH3 is 2. The molecule has 0 spiro atoms. The number of benzene rings is 2. The molecule has 174 valence electrons. The predicted octanol–water partition coefficient (Wildman–Crippen LogP) is 3.55. The number of hydrogen-bond donors (Lipinski definition) is 2. The Bertz CT molecular complexity index is 917. The summed E-state index contributed by atoms with van der Waals surface area (Å²) in [5.41, 5.74) is 1.99. The van der Waals surface area contributed by atoms with Crippen molar-refractivity contribution >= 4 is 11.6 Å². The molecule has 1 aliphatic rings. The molecule has 8 nitrogen and oxygen atoms in total. The fourth-order valence-corrected chi connectivity index (χ4v) is 3.49. The van der Waals surface area contributed by atoms with E-state index in [2.05, 4.69) is 15.5 Å². The van der Waals surface area contributed by atoms with Crippen molar-refractivity contribution < 1.29 is 18.9 Å². The second kappa shape index (κ2) is 11.5. The Morgan fingerprint density at radius 2 is 1.78 bits per heavy atom. The highest BCUT2D eigenvalue weighted by Crippen LogP contribution is 2.33. The highest BCUT2D eigenvalue weighted by Gasteiger charge is 2.17. The van der Waals surface area contributed by atoms with E-state index >= 15 is 0 Å². The molecule has 32 heavy (non-hydrogen) atoms. The number of rotatable bonds is 8. The molecule has 1 unspecified atom stereocenters. The van der Waals surface area contributed by atoms with Gasteiger partial charge < -0.3 is 34.5 Å². The Balaban J connectivity index is 1.78. The minimum atomic E-state index is 0.0639. The molecule has 1 aliphatic heterocycles. The van der Waals surface area contributed by atoms with Crippen LogP contribution in [-0.2, 0) is 0 Å². The minimum absolute atomic E-state index is 0.0639. The number of anilines is 1. The number of ether oxygens (including phenoxy) is 4. The Labute approximate surface area is 190 Å². The van der Waals surface area contributed by atoms with E-state index in [4.69, 9.17) is 23.9 Å². The minimum Gasteiger partial charge on any atom is -0.493 e. The zero-order valence-corrected chi connectivity index (χ0v) is 19.6. The summed E-state index contributed by atoms with van der Waals surface area (Å²) in [4.78, 5) is 6.98. The molecule has 0 bridgehead atoms. The molecule has 0 saturated heterocycles. The Kier molecular flexibility index (Phi) is 8.44. The smallest absolute Gasteiger partial charge is 0.195 e. The monoisotopic (exact) mass is 442 g/mol. The molecule has 2 N–H and O–H groups in total. The number of guanidine groups is 1. The van der Waals surface area contributed by atoms with Crippen LogP contribution in [-0.4, -0.2) is 65.5 Å². The number of fused-ring (bicyclic) bond motifs is 1. The summed E-state index contributed by atoms with van der Waals surface area (Å²) in [6, 6.07) is 11.9. The van der Waals surface area contributed by atoms with Gasteiger partial charge in [0.15, 0.2) is 29.0 Å². The molecule has 3 rings (SSSR count). The zero-order chi connectivity index (χ0) is 22.9. The predicted molar refractivity (Wildman–Crippen MR) is 128 cm³/mol. The molecule has 8 heteroatoms. The number of aliphatic imine (C=N–C) groups is 1. The first-order valence-corrected chi connectivity index (χ1v) is 10.9. The van der Waals surface area contributed by atoms with Crippen molar-refractivity contribution in [3.05, 3.63) is 42.0 Å². The van der Waals surface area contributed by atoms with Gasteiger partial charge in [-0.15, -0.1) is 0 Å². The van der Waals surface area contributed by atoms with Crippen LogP contribution in [0.2, 0.25) is 0 Å². The van der Waals surface area contributed by atoms with E-state index in [1.807, 2.05) is 57.4 Å². The lowest BCUT2D eigenvalue weighted by atomic mass is 10.1. The van der Waals surface area contributed by atoms with Crippen LogP contribution in [0.25, 0.3) is 0 Å². The summed E-state index contributed by atoms with van der Waals surface area (Å²) >= 11 is 0. The van der Waals surface area contributed by atoms with Gasteiger partial charge in [0.2, 0.25) is 0 Å². The molecule has 0 aliphatic carbocycles. The quantitative estimate of drug-likeness (QED) is 0.478. The van der Waals surface area contributed by atoms with E-state index < -0.39 is 0 Å². The third-order valence-corrected chi connectivity index (χ3v) is 5.19. The van der Waals surface area contributed by atoms with Gasteiger partial charge in [0.25, 0.3) is 0 Å². The summed E-state index contributed by atoms with van der Waals surface area (Å²) in [6.07, 6.45) is 0.879. The largest absolute Gasteiger partial charge is 0.493 e. The van der Waals surface area contributed by atoms with Crippen LogP contribution >= 0.6 is 0 Å². The summed E-state index contributed by atoms with van der Waals surface area (Å²) in [7, 11) is 7.37. The summed E-state index contributed by atoms with van der Waals surface area (Å²) in [5.74, 6) is 3.64. The Morgan fingerprint density at radius 1 is 1.03 bits per heavy atom. The summed E-state index contributed by atoms with van der Waals surface area (Å²) in [5, 5.41) is 6.69. The third-order valence-electron chi connectivity index (χ3n) is 5.19. The molecule has 0 saturated carbocycles. The van der Waals surface area contributed by atoms with E-state index in [1.165, 1.54) is 0 Å². The van der Waals surface area contributed by atoms with Crippen molar-refractivity contribution in [1.82, 2.24) is 10.2 Å². The molecule has 1 heterocycles. The fraction of sp³-hybridized carbons (Fsp3) is 0.458. The third kappa shape index (κ3) is 5.97. The van der Waals surface area contributed by atoms with Gasteiger partial charge in [-0.05, 0) is 50.8 Å². The van der Waals surface area contributed by atoms with E-state index in [0.717, 1.165) is 35.7 Å². The van der Waals surface area contributed by atoms with Crippen LogP contribution in [0.15, 0.2) is 41.4 Å². The average molecular weight is 443 g/mol. The SMILES string of the molecule is CCNC(=NCC(c1ccc(OC)c(OC)c1)N(C)C)Nc1ccc2c(c1)OCCCO2. The lowest BCUT2D eigenvalue weighted by Gasteiger charge is -2.24. The second-order valence-corrected chi connectivity index (χ2v) is 7.65. The maximum atomic E-state index is 5.80. The highest BCUT2D eigenvalue weighted by atomic mass is 16.5. The van der Waals surface area contributed by atoms with Crippen molar-refractivity contribution in [1.29, 1.82) is 0 Å². The van der Waals surface area contributed by atoms with Crippen molar-refractivity contribution in [2.75, 3.05) is 59.9 Å². The van der Waals surface area contributed by atoms with Gasteiger partial charge in [-0.1, -0.05) is 6.07 Å². The van der Waals surface area contributed by atoms with Gasteiger partial charge in [-0.2, -0.15) is 0 Å². The van der Waals surface area contributed by atoms with Crippen molar-refractivity contribution in [3.8, 4) is 23.0 Å². The highest BCUT2D eigenvalue weighted by molar-refractivity contribution is 5.94. The van der Waals surface area contributed by atoms with Gasteiger partial charge in [0, 0.05) is 24.7 Å². The van der Waals surface area contributed by atoms with Gasteiger partial charge in [-0.25, -0.2) is 0 Å². The average Bonchev–Trinajstić information content (AvgIpc) is 3.04. The van der Waals surface area contributed by atoms with Crippen LogP contribution in [0.4, 0.5) is 5.69 Å². The van der Waals surface area contributed by atoms with E-state index in [9.17, 15) is 0 Å². The first-order valence-electron chi connectivity index (χ1n) is 10.9. The molecular formula is C24H34N4O4. The van der Waals surface area contributed by atoms with Crippen LogP contribution in [0.5, 0.6) is 23.0 Å². The van der Waals surface area contributed by atoms with Gasteiger partial charge >= 0.3 is 0 Å². The van der Waals surface area contributed by atoms with Crippen molar-refractivity contribution in [2.24, 2.45) is 4.99 Å². The Morgan fingerprint density at radius 3 is 2.47 bits per heavy atom. The molecule has 0 amide bonds. The lowest BCUT2D eigenvalue weighted by molar-refractivity contribution is 0.297. The fourth-order valence-electron chi connectivity index (χ4n) is 3.49. The molecule has 0 fully saturated rings. The zero-order valence-electron chi connectivity index (χ0n) is 19.6. The van der Waals surface area contributed by atoms with Crippen LogP contribution < -0.4 is 29.6 Å². The molecule has 0 radical (unpaired) electrons. The molecule has 2 aromatic carbocycles. The first kappa shape index (κ1) is 23.5. The Hall–Kier alpha value is -3.13.